The minimum Gasteiger partial charge on any atom is -0.496 e. The number of amides is 1. The minimum atomic E-state index is 0.0784. The van der Waals surface area contributed by atoms with Gasteiger partial charge in [-0.25, -0.2) is 0 Å². The summed E-state index contributed by atoms with van der Waals surface area (Å²) >= 11 is 0. The average Bonchev–Trinajstić information content (AvgIpc) is 2.44. The molecule has 3 N–H and O–H groups in total. The van der Waals surface area contributed by atoms with Gasteiger partial charge in [0.25, 0.3) is 0 Å². The Kier molecular flexibility index (Phi) is 6.97. The molecule has 19 heavy (non-hydrogen) atoms. The Morgan fingerprint density at radius 3 is 2.84 bits per heavy atom. The van der Waals surface area contributed by atoms with Gasteiger partial charge in [0.2, 0.25) is 5.91 Å². The first-order valence-corrected chi connectivity index (χ1v) is 6.83. The summed E-state index contributed by atoms with van der Waals surface area (Å²) in [6.45, 7) is 3.33. The lowest BCUT2D eigenvalue weighted by molar-refractivity contribution is -0.121. The van der Waals surface area contributed by atoms with Crippen molar-refractivity contribution in [2.45, 2.75) is 32.6 Å². The fourth-order valence-corrected chi connectivity index (χ4v) is 1.96. The second kappa shape index (κ2) is 8.53. The van der Waals surface area contributed by atoms with Gasteiger partial charge in [-0.05, 0) is 43.0 Å². The van der Waals surface area contributed by atoms with Gasteiger partial charge in [0.15, 0.2) is 0 Å². The third kappa shape index (κ3) is 5.30. The molecule has 0 saturated heterocycles. The molecule has 0 atom stereocenters. The summed E-state index contributed by atoms with van der Waals surface area (Å²) in [4.78, 5) is 11.4. The van der Waals surface area contributed by atoms with Crippen molar-refractivity contribution < 1.29 is 9.53 Å². The number of hydrogen-bond acceptors (Lipinski definition) is 3. The van der Waals surface area contributed by atoms with Crippen molar-refractivity contribution in [3.63, 3.8) is 0 Å². The lowest BCUT2D eigenvalue weighted by Gasteiger charge is -2.10. The maximum Gasteiger partial charge on any atom is 0.220 e. The van der Waals surface area contributed by atoms with Crippen molar-refractivity contribution in [3.05, 3.63) is 29.3 Å². The van der Waals surface area contributed by atoms with Crippen molar-refractivity contribution in [2.75, 3.05) is 20.2 Å². The molecule has 1 rings (SSSR count). The summed E-state index contributed by atoms with van der Waals surface area (Å²) in [5.41, 5.74) is 7.79. The summed E-state index contributed by atoms with van der Waals surface area (Å²) in [6.07, 6.45) is 3.04. The third-order valence-electron chi connectivity index (χ3n) is 3.07. The molecule has 1 aromatic carbocycles. The van der Waals surface area contributed by atoms with Gasteiger partial charge in [-0.15, -0.1) is 0 Å². The topological polar surface area (TPSA) is 64.4 Å². The standard InChI is InChI=1S/C15H24N2O2/c1-3-13-11-12(6-7-14(13)19-2)8-10-17-15(18)5-4-9-16/h6-7,11H,3-5,8-10,16H2,1-2H3,(H,17,18). The Morgan fingerprint density at radius 2 is 2.21 bits per heavy atom. The normalized spacial score (nSPS) is 10.3. The van der Waals surface area contributed by atoms with Crippen LogP contribution in [0.3, 0.4) is 0 Å². The molecule has 0 aliphatic carbocycles. The Balaban J connectivity index is 2.43. The predicted octanol–water partition coefficient (Wildman–Crippen LogP) is 1.66. The highest BCUT2D eigenvalue weighted by Crippen LogP contribution is 2.20. The molecule has 0 aliphatic rings. The third-order valence-corrected chi connectivity index (χ3v) is 3.07. The van der Waals surface area contributed by atoms with Crippen LogP contribution in [-0.2, 0) is 17.6 Å². The summed E-state index contributed by atoms with van der Waals surface area (Å²) < 4.78 is 5.30. The van der Waals surface area contributed by atoms with E-state index in [-0.39, 0.29) is 5.91 Å². The van der Waals surface area contributed by atoms with Gasteiger partial charge in [-0.2, -0.15) is 0 Å². The maximum atomic E-state index is 11.4. The largest absolute Gasteiger partial charge is 0.496 e. The Morgan fingerprint density at radius 1 is 1.42 bits per heavy atom. The number of nitrogens with two attached hydrogens (primary N) is 1. The zero-order valence-corrected chi connectivity index (χ0v) is 11.9. The van der Waals surface area contributed by atoms with E-state index in [4.69, 9.17) is 10.5 Å². The van der Waals surface area contributed by atoms with Crippen LogP contribution in [0.2, 0.25) is 0 Å². The predicted molar refractivity (Wildman–Crippen MR) is 77.4 cm³/mol. The van der Waals surface area contributed by atoms with E-state index < -0.39 is 0 Å². The first kappa shape index (κ1) is 15.5. The number of hydrogen-bond donors (Lipinski definition) is 2. The Hall–Kier alpha value is -1.55. The number of benzene rings is 1. The summed E-state index contributed by atoms with van der Waals surface area (Å²) in [6, 6.07) is 6.18. The SMILES string of the molecule is CCc1cc(CCNC(=O)CCCN)ccc1OC. The molecule has 0 saturated carbocycles. The number of methoxy groups -OCH3 is 1. The molecule has 1 aromatic rings. The molecular weight excluding hydrogens is 240 g/mol. The van der Waals surface area contributed by atoms with Crippen LogP contribution in [0, 0.1) is 0 Å². The van der Waals surface area contributed by atoms with Crippen molar-refractivity contribution >= 4 is 5.91 Å². The highest BCUT2D eigenvalue weighted by Gasteiger charge is 2.04. The van der Waals surface area contributed by atoms with Crippen LogP contribution in [0.4, 0.5) is 0 Å². The van der Waals surface area contributed by atoms with Gasteiger partial charge >= 0.3 is 0 Å². The number of aryl methyl sites for hydroxylation is 1. The molecule has 0 unspecified atom stereocenters. The second-order valence-electron chi connectivity index (χ2n) is 4.49. The molecule has 4 nitrogen and oxygen atoms in total. The smallest absolute Gasteiger partial charge is 0.220 e. The molecule has 0 spiro atoms. The number of nitrogens with one attached hydrogen (secondary N) is 1. The number of ether oxygens (including phenoxy) is 1. The molecule has 106 valence electrons. The van der Waals surface area contributed by atoms with E-state index in [1.165, 1.54) is 11.1 Å². The first-order valence-electron chi connectivity index (χ1n) is 6.83. The fourth-order valence-electron chi connectivity index (χ4n) is 1.96. The molecule has 0 aromatic heterocycles. The van der Waals surface area contributed by atoms with E-state index in [0.717, 1.165) is 25.0 Å². The molecule has 0 aliphatic heterocycles. The Labute approximate surface area is 115 Å². The fraction of sp³-hybridized carbons (Fsp3) is 0.533. The van der Waals surface area contributed by atoms with Crippen LogP contribution in [0.5, 0.6) is 5.75 Å². The average molecular weight is 264 g/mol. The molecule has 0 bridgehead atoms. The van der Waals surface area contributed by atoms with Crippen LogP contribution in [0.25, 0.3) is 0 Å². The minimum absolute atomic E-state index is 0.0784. The number of rotatable bonds is 8. The Bertz CT molecular complexity index is 405. The van der Waals surface area contributed by atoms with Crippen LogP contribution < -0.4 is 15.8 Å². The lowest BCUT2D eigenvalue weighted by Crippen LogP contribution is -2.26. The monoisotopic (exact) mass is 264 g/mol. The van der Waals surface area contributed by atoms with E-state index in [9.17, 15) is 4.79 Å². The van der Waals surface area contributed by atoms with E-state index in [2.05, 4.69) is 18.3 Å². The second-order valence-corrected chi connectivity index (χ2v) is 4.49. The lowest BCUT2D eigenvalue weighted by atomic mass is 10.1. The zero-order valence-electron chi connectivity index (χ0n) is 11.9. The highest BCUT2D eigenvalue weighted by atomic mass is 16.5. The van der Waals surface area contributed by atoms with E-state index in [1.807, 2.05) is 12.1 Å². The van der Waals surface area contributed by atoms with Gasteiger partial charge in [0.05, 0.1) is 7.11 Å². The van der Waals surface area contributed by atoms with Crippen LogP contribution in [0.15, 0.2) is 18.2 Å². The van der Waals surface area contributed by atoms with Gasteiger partial charge in [0, 0.05) is 13.0 Å². The molecule has 0 heterocycles. The van der Waals surface area contributed by atoms with Gasteiger partial charge in [-0.3, -0.25) is 4.79 Å². The summed E-state index contributed by atoms with van der Waals surface area (Å²) in [5, 5.41) is 2.91. The quantitative estimate of drug-likeness (QED) is 0.750. The van der Waals surface area contributed by atoms with E-state index in [1.54, 1.807) is 7.11 Å². The molecule has 0 fully saturated rings. The van der Waals surface area contributed by atoms with Gasteiger partial charge in [-0.1, -0.05) is 19.1 Å². The first-order chi connectivity index (χ1) is 9.21. The van der Waals surface area contributed by atoms with Crippen LogP contribution in [0.1, 0.15) is 30.9 Å². The van der Waals surface area contributed by atoms with E-state index >= 15 is 0 Å². The summed E-state index contributed by atoms with van der Waals surface area (Å²) in [7, 11) is 1.69. The number of carbonyl (C=O) groups excluding carboxylic acids is 1. The highest BCUT2D eigenvalue weighted by molar-refractivity contribution is 5.75. The zero-order chi connectivity index (χ0) is 14.1. The molecule has 4 heteroatoms. The number of carbonyl (C=O) groups is 1. The van der Waals surface area contributed by atoms with E-state index in [0.29, 0.717) is 19.5 Å². The van der Waals surface area contributed by atoms with Crippen molar-refractivity contribution in [3.8, 4) is 5.75 Å². The van der Waals surface area contributed by atoms with Gasteiger partial charge < -0.3 is 15.8 Å². The van der Waals surface area contributed by atoms with Crippen molar-refractivity contribution in [1.82, 2.24) is 5.32 Å². The van der Waals surface area contributed by atoms with Gasteiger partial charge in [0.1, 0.15) is 5.75 Å². The van der Waals surface area contributed by atoms with Crippen LogP contribution >= 0.6 is 0 Å². The maximum absolute atomic E-state index is 11.4. The molecule has 0 radical (unpaired) electrons. The van der Waals surface area contributed by atoms with Crippen LogP contribution in [-0.4, -0.2) is 26.1 Å². The molecule has 1 amide bonds. The summed E-state index contributed by atoms with van der Waals surface area (Å²) in [5.74, 6) is 1.01. The van der Waals surface area contributed by atoms with Crippen molar-refractivity contribution in [1.29, 1.82) is 0 Å². The van der Waals surface area contributed by atoms with Crippen molar-refractivity contribution in [2.24, 2.45) is 5.73 Å². The molecular formula is C15H24N2O2.